The molecule has 1 aromatic rings. The van der Waals surface area contributed by atoms with Crippen LogP contribution in [0.1, 0.15) is 0 Å². The van der Waals surface area contributed by atoms with Gasteiger partial charge in [-0.1, -0.05) is 0 Å². The summed E-state index contributed by atoms with van der Waals surface area (Å²) in [5.74, 6) is -0.429. The molecule has 1 saturated heterocycles. The monoisotopic (exact) mass is 343 g/mol. The number of nitrogens with zero attached hydrogens (tertiary/aromatic N) is 3. The van der Waals surface area contributed by atoms with E-state index in [1.54, 1.807) is 4.90 Å². The third-order valence-corrected chi connectivity index (χ3v) is 4.48. The summed E-state index contributed by atoms with van der Waals surface area (Å²) in [6.07, 6.45) is 0. The number of nitro benzene ring substituents is 1. The topological polar surface area (TPSA) is 153 Å². The SMILES string of the molecule is NC(=O)CN1CCN(c2ccc(S(N)(=O)=O)cc2[N+](=O)[O-])CC1. The number of piperazine rings is 1. The molecule has 4 N–H and O–H groups in total. The van der Waals surface area contributed by atoms with Crippen molar-refractivity contribution in [2.24, 2.45) is 10.9 Å². The number of nitrogens with two attached hydrogens (primary N) is 2. The maximum absolute atomic E-state index is 11.3. The Labute approximate surface area is 132 Å². The van der Waals surface area contributed by atoms with Crippen LogP contribution in [-0.2, 0) is 14.8 Å². The molecular weight excluding hydrogens is 326 g/mol. The van der Waals surface area contributed by atoms with E-state index in [9.17, 15) is 23.3 Å². The van der Waals surface area contributed by atoms with E-state index in [4.69, 9.17) is 10.9 Å². The van der Waals surface area contributed by atoms with Gasteiger partial charge in [0, 0.05) is 32.2 Å². The molecule has 0 unspecified atom stereocenters. The van der Waals surface area contributed by atoms with Gasteiger partial charge in [-0.2, -0.15) is 0 Å². The average Bonchev–Trinajstić information content (AvgIpc) is 2.46. The van der Waals surface area contributed by atoms with Gasteiger partial charge in [0.25, 0.3) is 5.69 Å². The van der Waals surface area contributed by atoms with Crippen molar-refractivity contribution in [1.82, 2.24) is 4.90 Å². The highest BCUT2D eigenvalue weighted by Crippen LogP contribution is 2.31. The zero-order chi connectivity index (χ0) is 17.2. The van der Waals surface area contributed by atoms with E-state index in [2.05, 4.69) is 0 Å². The summed E-state index contributed by atoms with van der Waals surface area (Å²) in [6.45, 7) is 2.11. The summed E-state index contributed by atoms with van der Waals surface area (Å²) in [4.78, 5) is 24.8. The first-order chi connectivity index (χ1) is 10.7. The molecule has 1 fully saturated rings. The van der Waals surface area contributed by atoms with Crippen molar-refractivity contribution in [1.29, 1.82) is 0 Å². The first-order valence-electron chi connectivity index (χ1n) is 6.75. The van der Waals surface area contributed by atoms with Crippen LogP contribution in [-0.4, -0.2) is 56.9 Å². The van der Waals surface area contributed by atoms with Gasteiger partial charge in [0.05, 0.1) is 16.4 Å². The standard InChI is InChI=1S/C12H17N5O5S/c13-12(18)8-15-3-5-16(6-4-15)10-2-1-9(23(14,21)22)7-11(10)17(19)20/h1-2,7H,3-6,8H2,(H2,13,18)(H2,14,21,22). The molecule has 0 radical (unpaired) electrons. The van der Waals surface area contributed by atoms with Crippen LogP contribution in [0.25, 0.3) is 0 Å². The number of amides is 1. The van der Waals surface area contributed by atoms with Crippen LogP contribution >= 0.6 is 0 Å². The van der Waals surface area contributed by atoms with E-state index in [0.717, 1.165) is 6.07 Å². The van der Waals surface area contributed by atoms with Gasteiger partial charge in [-0.3, -0.25) is 19.8 Å². The quantitative estimate of drug-likeness (QED) is 0.505. The number of primary amides is 1. The second-order valence-electron chi connectivity index (χ2n) is 5.18. The number of rotatable bonds is 5. The Bertz CT molecular complexity index is 727. The zero-order valence-electron chi connectivity index (χ0n) is 12.2. The van der Waals surface area contributed by atoms with Crippen molar-refractivity contribution in [3.8, 4) is 0 Å². The molecule has 0 aromatic heterocycles. The number of nitro groups is 1. The Balaban J connectivity index is 2.23. The normalized spacial score (nSPS) is 16.3. The Morgan fingerprint density at radius 3 is 2.35 bits per heavy atom. The van der Waals surface area contributed by atoms with Gasteiger partial charge in [-0.05, 0) is 12.1 Å². The minimum absolute atomic E-state index is 0.139. The molecule has 1 aliphatic heterocycles. The summed E-state index contributed by atoms with van der Waals surface area (Å²) in [5.41, 5.74) is 5.14. The van der Waals surface area contributed by atoms with Crippen LogP contribution in [0.5, 0.6) is 0 Å². The molecule has 0 atom stereocenters. The number of hydrogen-bond acceptors (Lipinski definition) is 7. The summed E-state index contributed by atoms with van der Waals surface area (Å²) in [6, 6.07) is 3.58. The molecule has 1 heterocycles. The lowest BCUT2D eigenvalue weighted by Gasteiger charge is -2.35. The Morgan fingerprint density at radius 2 is 1.87 bits per heavy atom. The van der Waals surface area contributed by atoms with E-state index < -0.39 is 20.9 Å². The van der Waals surface area contributed by atoms with Crippen molar-refractivity contribution in [2.75, 3.05) is 37.6 Å². The third kappa shape index (κ3) is 4.15. The lowest BCUT2D eigenvalue weighted by Crippen LogP contribution is -2.49. The largest absolute Gasteiger partial charge is 0.369 e. The summed E-state index contributed by atoms with van der Waals surface area (Å²) in [5, 5.41) is 16.2. The van der Waals surface area contributed by atoms with Gasteiger partial charge in [0.15, 0.2) is 0 Å². The maximum Gasteiger partial charge on any atom is 0.293 e. The van der Waals surface area contributed by atoms with Crippen molar-refractivity contribution in [2.45, 2.75) is 4.90 Å². The average molecular weight is 343 g/mol. The molecule has 23 heavy (non-hydrogen) atoms. The number of carbonyl (C=O) groups is 1. The van der Waals surface area contributed by atoms with Gasteiger partial charge in [0.1, 0.15) is 5.69 Å². The molecule has 0 aliphatic carbocycles. The molecular formula is C12H17N5O5S. The van der Waals surface area contributed by atoms with Crippen LogP contribution in [0.15, 0.2) is 23.1 Å². The Morgan fingerprint density at radius 1 is 1.26 bits per heavy atom. The van der Waals surface area contributed by atoms with E-state index in [-0.39, 0.29) is 17.1 Å². The molecule has 10 nitrogen and oxygen atoms in total. The van der Waals surface area contributed by atoms with E-state index in [1.807, 2.05) is 4.90 Å². The maximum atomic E-state index is 11.3. The highest BCUT2D eigenvalue weighted by Gasteiger charge is 2.26. The molecule has 1 amide bonds. The second-order valence-corrected chi connectivity index (χ2v) is 6.74. The fraction of sp³-hybridized carbons (Fsp3) is 0.417. The fourth-order valence-corrected chi connectivity index (χ4v) is 2.99. The van der Waals surface area contributed by atoms with Gasteiger partial charge in [-0.15, -0.1) is 0 Å². The Kier molecular flexibility index (Phi) is 4.82. The molecule has 2 rings (SSSR count). The molecule has 11 heteroatoms. The molecule has 126 valence electrons. The first-order valence-corrected chi connectivity index (χ1v) is 8.30. The highest BCUT2D eigenvalue weighted by molar-refractivity contribution is 7.89. The lowest BCUT2D eigenvalue weighted by atomic mass is 10.2. The first kappa shape index (κ1) is 17.1. The van der Waals surface area contributed by atoms with E-state index in [0.29, 0.717) is 31.9 Å². The molecule has 1 aromatic carbocycles. The number of primary sulfonamides is 1. The Hall–Kier alpha value is -2.24. The van der Waals surface area contributed by atoms with Crippen LogP contribution < -0.4 is 15.8 Å². The summed E-state index contributed by atoms with van der Waals surface area (Å²) < 4.78 is 22.7. The van der Waals surface area contributed by atoms with Crippen LogP contribution in [0, 0.1) is 10.1 Å². The van der Waals surface area contributed by atoms with Crippen LogP contribution in [0.4, 0.5) is 11.4 Å². The van der Waals surface area contributed by atoms with Crippen molar-refractivity contribution >= 4 is 27.3 Å². The third-order valence-electron chi connectivity index (χ3n) is 3.56. The van der Waals surface area contributed by atoms with Crippen molar-refractivity contribution in [3.63, 3.8) is 0 Å². The number of hydrogen-bond donors (Lipinski definition) is 2. The molecule has 1 aliphatic rings. The van der Waals surface area contributed by atoms with E-state index in [1.165, 1.54) is 12.1 Å². The minimum atomic E-state index is -4.01. The zero-order valence-corrected chi connectivity index (χ0v) is 13.0. The molecule has 0 saturated carbocycles. The van der Waals surface area contributed by atoms with Crippen LogP contribution in [0.3, 0.4) is 0 Å². The smallest absolute Gasteiger partial charge is 0.293 e. The van der Waals surface area contributed by atoms with E-state index >= 15 is 0 Å². The van der Waals surface area contributed by atoms with Gasteiger partial charge in [-0.25, -0.2) is 13.6 Å². The number of sulfonamides is 1. The predicted octanol–water partition coefficient (Wildman–Crippen LogP) is -1.15. The van der Waals surface area contributed by atoms with Crippen LogP contribution in [0.2, 0.25) is 0 Å². The number of carbonyl (C=O) groups excluding carboxylic acids is 1. The second kappa shape index (κ2) is 6.48. The lowest BCUT2D eigenvalue weighted by molar-refractivity contribution is -0.384. The minimum Gasteiger partial charge on any atom is -0.369 e. The highest BCUT2D eigenvalue weighted by atomic mass is 32.2. The predicted molar refractivity (Wildman–Crippen MR) is 82.3 cm³/mol. The molecule has 0 spiro atoms. The van der Waals surface area contributed by atoms with Gasteiger partial charge < -0.3 is 10.6 Å². The fourth-order valence-electron chi connectivity index (χ4n) is 2.46. The summed E-state index contributed by atoms with van der Waals surface area (Å²) in [7, 11) is -4.01. The number of anilines is 1. The number of benzene rings is 1. The molecule has 0 bridgehead atoms. The van der Waals surface area contributed by atoms with Crippen molar-refractivity contribution < 1.29 is 18.1 Å². The van der Waals surface area contributed by atoms with Gasteiger partial charge in [0.2, 0.25) is 15.9 Å². The van der Waals surface area contributed by atoms with Crippen molar-refractivity contribution in [3.05, 3.63) is 28.3 Å². The summed E-state index contributed by atoms with van der Waals surface area (Å²) >= 11 is 0. The van der Waals surface area contributed by atoms with Gasteiger partial charge >= 0.3 is 0 Å².